The fraction of sp³-hybridized carbons (Fsp3) is 0.316. The van der Waals surface area contributed by atoms with Crippen molar-refractivity contribution in [2.45, 2.75) is 26.7 Å². The van der Waals surface area contributed by atoms with Gasteiger partial charge >= 0.3 is 5.97 Å². The van der Waals surface area contributed by atoms with Gasteiger partial charge in [0.25, 0.3) is 11.8 Å². The summed E-state index contributed by atoms with van der Waals surface area (Å²) in [4.78, 5) is 35.4. The minimum Gasteiger partial charge on any atom is -0.459 e. The van der Waals surface area contributed by atoms with E-state index in [-0.39, 0.29) is 12.3 Å². The van der Waals surface area contributed by atoms with Gasteiger partial charge < -0.3 is 19.8 Å². The summed E-state index contributed by atoms with van der Waals surface area (Å²) in [5.41, 5.74) is 2.81. The number of nitrogens with one attached hydrogen (secondary N) is 2. The molecule has 0 spiro atoms. The SMILES string of the molecule is CCc1cccc(CC)c1NC(=O)COC(=O)CNC(=O)c1ccco1. The van der Waals surface area contributed by atoms with Gasteiger partial charge in [-0.2, -0.15) is 0 Å². The first-order valence-electron chi connectivity index (χ1n) is 8.43. The number of aryl methyl sites for hydroxylation is 2. The first-order valence-corrected chi connectivity index (χ1v) is 8.43. The highest BCUT2D eigenvalue weighted by molar-refractivity contribution is 5.95. The molecule has 0 radical (unpaired) electrons. The van der Waals surface area contributed by atoms with Gasteiger partial charge in [-0.05, 0) is 36.1 Å². The number of furan rings is 1. The summed E-state index contributed by atoms with van der Waals surface area (Å²) in [5, 5.41) is 5.16. The molecule has 0 bridgehead atoms. The van der Waals surface area contributed by atoms with E-state index in [2.05, 4.69) is 10.6 Å². The topological polar surface area (TPSA) is 97.6 Å². The molecule has 0 atom stereocenters. The molecule has 0 unspecified atom stereocenters. The maximum atomic E-state index is 12.1. The van der Waals surface area contributed by atoms with Crippen LogP contribution in [0.2, 0.25) is 0 Å². The molecule has 7 nitrogen and oxygen atoms in total. The Morgan fingerprint density at radius 2 is 1.73 bits per heavy atom. The highest BCUT2D eigenvalue weighted by Gasteiger charge is 2.14. The van der Waals surface area contributed by atoms with Crippen molar-refractivity contribution >= 4 is 23.5 Å². The summed E-state index contributed by atoms with van der Waals surface area (Å²) in [6.45, 7) is 3.24. The van der Waals surface area contributed by atoms with Crippen LogP contribution in [-0.2, 0) is 27.2 Å². The fourth-order valence-corrected chi connectivity index (χ4v) is 2.42. The average molecular weight is 358 g/mol. The molecule has 1 aromatic heterocycles. The third-order valence-electron chi connectivity index (χ3n) is 3.77. The Morgan fingerprint density at radius 1 is 1.04 bits per heavy atom. The third-order valence-corrected chi connectivity index (χ3v) is 3.77. The molecule has 2 rings (SSSR count). The normalized spacial score (nSPS) is 10.2. The van der Waals surface area contributed by atoms with Crippen molar-refractivity contribution in [1.29, 1.82) is 0 Å². The van der Waals surface area contributed by atoms with Crippen LogP contribution in [0, 0.1) is 0 Å². The van der Waals surface area contributed by atoms with E-state index in [0.29, 0.717) is 0 Å². The van der Waals surface area contributed by atoms with Gasteiger partial charge in [-0.3, -0.25) is 14.4 Å². The van der Waals surface area contributed by atoms with Gasteiger partial charge in [-0.25, -0.2) is 0 Å². The van der Waals surface area contributed by atoms with Crippen LogP contribution < -0.4 is 10.6 Å². The second-order valence-corrected chi connectivity index (χ2v) is 5.53. The van der Waals surface area contributed by atoms with Crippen molar-refractivity contribution < 1.29 is 23.5 Å². The quantitative estimate of drug-likeness (QED) is 0.706. The van der Waals surface area contributed by atoms with Crippen molar-refractivity contribution in [2.75, 3.05) is 18.5 Å². The van der Waals surface area contributed by atoms with E-state index >= 15 is 0 Å². The van der Waals surface area contributed by atoms with Crippen LogP contribution in [0.3, 0.4) is 0 Å². The number of esters is 1. The number of hydrogen-bond donors (Lipinski definition) is 2. The van der Waals surface area contributed by atoms with Crippen molar-refractivity contribution in [3.8, 4) is 0 Å². The monoisotopic (exact) mass is 358 g/mol. The molecule has 2 amide bonds. The number of anilines is 1. The van der Waals surface area contributed by atoms with Crippen LogP contribution in [0.15, 0.2) is 41.0 Å². The summed E-state index contributed by atoms with van der Waals surface area (Å²) in [6, 6.07) is 8.89. The molecule has 26 heavy (non-hydrogen) atoms. The van der Waals surface area contributed by atoms with Crippen LogP contribution in [0.1, 0.15) is 35.5 Å². The molecule has 1 aromatic carbocycles. The van der Waals surface area contributed by atoms with Gasteiger partial charge in [0.1, 0.15) is 6.54 Å². The smallest absolute Gasteiger partial charge is 0.325 e. The summed E-state index contributed by atoms with van der Waals surface area (Å²) in [5.74, 6) is -1.56. The van der Waals surface area contributed by atoms with Gasteiger partial charge in [-0.1, -0.05) is 32.0 Å². The van der Waals surface area contributed by atoms with Gasteiger partial charge in [0.15, 0.2) is 12.4 Å². The van der Waals surface area contributed by atoms with E-state index in [1.165, 1.54) is 12.3 Å². The largest absolute Gasteiger partial charge is 0.459 e. The zero-order valence-corrected chi connectivity index (χ0v) is 14.8. The maximum Gasteiger partial charge on any atom is 0.325 e. The molecule has 0 saturated heterocycles. The van der Waals surface area contributed by atoms with Gasteiger partial charge in [-0.15, -0.1) is 0 Å². The molecule has 0 saturated carbocycles. The molecule has 0 aliphatic rings. The third kappa shape index (κ3) is 5.20. The number of hydrogen-bond acceptors (Lipinski definition) is 5. The molecule has 0 aliphatic heterocycles. The number of rotatable bonds is 8. The molecule has 0 fully saturated rings. The van der Waals surface area contributed by atoms with Crippen LogP contribution in [-0.4, -0.2) is 30.9 Å². The first-order chi connectivity index (χ1) is 12.5. The van der Waals surface area contributed by atoms with E-state index < -0.39 is 24.4 Å². The standard InChI is InChI=1S/C19H22N2O5/c1-3-13-7-5-8-14(4-2)18(13)21-16(22)12-26-17(23)11-20-19(24)15-9-6-10-25-15/h5-10H,3-4,11-12H2,1-2H3,(H,20,24)(H,21,22). The predicted octanol–water partition coefficient (Wildman–Crippen LogP) is 2.32. The Morgan fingerprint density at radius 3 is 2.31 bits per heavy atom. The van der Waals surface area contributed by atoms with Crippen molar-refractivity contribution in [1.82, 2.24) is 5.32 Å². The highest BCUT2D eigenvalue weighted by atomic mass is 16.5. The summed E-state index contributed by atoms with van der Waals surface area (Å²) >= 11 is 0. The minimum absolute atomic E-state index is 0.0961. The molecule has 1 heterocycles. The van der Waals surface area contributed by atoms with Crippen molar-refractivity contribution in [3.05, 3.63) is 53.5 Å². The number of carbonyl (C=O) groups excluding carboxylic acids is 3. The zero-order valence-electron chi connectivity index (χ0n) is 14.8. The second-order valence-electron chi connectivity index (χ2n) is 5.53. The number of benzene rings is 1. The molecular formula is C19H22N2O5. The summed E-state index contributed by atoms with van der Waals surface area (Å²) in [7, 11) is 0. The Balaban J connectivity index is 1.81. The molecule has 138 valence electrons. The molecule has 7 heteroatoms. The van der Waals surface area contributed by atoms with E-state index in [0.717, 1.165) is 29.7 Å². The second kappa shape index (κ2) is 9.41. The lowest BCUT2D eigenvalue weighted by molar-refractivity contribution is -0.146. The van der Waals surface area contributed by atoms with Gasteiger partial charge in [0.05, 0.1) is 6.26 Å². The lowest BCUT2D eigenvalue weighted by Gasteiger charge is -2.14. The summed E-state index contributed by atoms with van der Waals surface area (Å²) in [6.07, 6.45) is 2.92. The van der Waals surface area contributed by atoms with Crippen LogP contribution in [0.25, 0.3) is 0 Å². The molecule has 2 aromatic rings. The molecular weight excluding hydrogens is 336 g/mol. The fourth-order valence-electron chi connectivity index (χ4n) is 2.42. The van der Waals surface area contributed by atoms with Crippen LogP contribution in [0.5, 0.6) is 0 Å². The van der Waals surface area contributed by atoms with Crippen molar-refractivity contribution in [3.63, 3.8) is 0 Å². The van der Waals surface area contributed by atoms with E-state index in [1.54, 1.807) is 6.07 Å². The maximum absolute atomic E-state index is 12.1. The average Bonchev–Trinajstić information content (AvgIpc) is 3.19. The lowest BCUT2D eigenvalue weighted by atomic mass is 10.0. The lowest BCUT2D eigenvalue weighted by Crippen LogP contribution is -2.32. The summed E-state index contributed by atoms with van der Waals surface area (Å²) < 4.78 is 9.80. The Labute approximate surface area is 151 Å². The number of para-hydroxylation sites is 1. The Kier molecular flexibility index (Phi) is 6.96. The van der Waals surface area contributed by atoms with E-state index in [4.69, 9.17) is 9.15 Å². The van der Waals surface area contributed by atoms with E-state index in [9.17, 15) is 14.4 Å². The predicted molar refractivity (Wildman–Crippen MR) is 95.8 cm³/mol. The number of ether oxygens (including phenoxy) is 1. The van der Waals surface area contributed by atoms with Crippen LogP contribution in [0.4, 0.5) is 5.69 Å². The first kappa shape index (κ1) is 19.2. The van der Waals surface area contributed by atoms with E-state index in [1.807, 2.05) is 32.0 Å². The van der Waals surface area contributed by atoms with Gasteiger partial charge in [0.2, 0.25) is 0 Å². The van der Waals surface area contributed by atoms with Crippen LogP contribution >= 0.6 is 0 Å². The highest BCUT2D eigenvalue weighted by Crippen LogP contribution is 2.22. The number of carbonyl (C=O) groups is 3. The zero-order chi connectivity index (χ0) is 18.9. The molecule has 2 N–H and O–H groups in total. The minimum atomic E-state index is -0.709. The van der Waals surface area contributed by atoms with Gasteiger partial charge in [0, 0.05) is 5.69 Å². The Bertz CT molecular complexity index is 746. The molecule has 0 aliphatic carbocycles. The number of amides is 2. The van der Waals surface area contributed by atoms with Crippen molar-refractivity contribution in [2.24, 2.45) is 0 Å². The Hall–Kier alpha value is -3.09.